The number of halogens is 1. The quantitative estimate of drug-likeness (QED) is 0.427. The number of aryl methyl sites for hydroxylation is 1. The summed E-state index contributed by atoms with van der Waals surface area (Å²) in [5, 5.41) is 13.1. The van der Waals surface area contributed by atoms with Crippen LogP contribution in [-0.4, -0.2) is 55.3 Å². The predicted molar refractivity (Wildman–Crippen MR) is 110 cm³/mol. The topological polar surface area (TPSA) is 51.1 Å². The SMILES string of the molecule is CCNC(=NCc1ccc2c(c1)CCCN2C)N1CC[C@@H](O)C1.I. The summed E-state index contributed by atoms with van der Waals surface area (Å²) >= 11 is 0. The van der Waals surface area contributed by atoms with Crippen molar-refractivity contribution in [3.05, 3.63) is 29.3 Å². The average Bonchev–Trinajstić information content (AvgIpc) is 2.98. The van der Waals surface area contributed by atoms with E-state index in [-0.39, 0.29) is 30.1 Å². The highest BCUT2D eigenvalue weighted by molar-refractivity contribution is 14.0. The van der Waals surface area contributed by atoms with Crippen LogP contribution in [0.4, 0.5) is 5.69 Å². The molecule has 24 heavy (non-hydrogen) atoms. The summed E-state index contributed by atoms with van der Waals surface area (Å²) in [5.74, 6) is 0.916. The summed E-state index contributed by atoms with van der Waals surface area (Å²) < 4.78 is 0. The summed E-state index contributed by atoms with van der Waals surface area (Å²) in [6.45, 7) is 6.32. The number of fused-ring (bicyclic) bond motifs is 1. The number of β-amino-alcohol motifs (C(OH)–C–C–N with tert-alkyl or cyclic N) is 1. The Kier molecular flexibility index (Phi) is 7.16. The molecule has 1 fully saturated rings. The van der Waals surface area contributed by atoms with Crippen molar-refractivity contribution in [1.82, 2.24) is 10.2 Å². The van der Waals surface area contributed by atoms with Gasteiger partial charge in [0.15, 0.2) is 5.96 Å². The number of guanidine groups is 1. The lowest BCUT2D eigenvalue weighted by Gasteiger charge is -2.27. The van der Waals surface area contributed by atoms with Crippen molar-refractivity contribution in [1.29, 1.82) is 0 Å². The van der Waals surface area contributed by atoms with Gasteiger partial charge in [0.2, 0.25) is 0 Å². The second-order valence-corrected chi connectivity index (χ2v) is 6.55. The largest absolute Gasteiger partial charge is 0.391 e. The Morgan fingerprint density at radius 3 is 2.92 bits per heavy atom. The van der Waals surface area contributed by atoms with E-state index in [1.807, 2.05) is 0 Å². The van der Waals surface area contributed by atoms with Crippen LogP contribution < -0.4 is 10.2 Å². The zero-order valence-electron chi connectivity index (χ0n) is 14.7. The summed E-state index contributed by atoms with van der Waals surface area (Å²) in [6, 6.07) is 6.72. The fraction of sp³-hybridized carbons (Fsp3) is 0.611. The van der Waals surface area contributed by atoms with Gasteiger partial charge in [0.05, 0.1) is 12.6 Å². The average molecular weight is 444 g/mol. The molecule has 2 heterocycles. The number of benzene rings is 1. The van der Waals surface area contributed by atoms with Gasteiger partial charge in [0.1, 0.15) is 0 Å². The molecule has 0 unspecified atom stereocenters. The minimum atomic E-state index is -0.224. The zero-order chi connectivity index (χ0) is 16.2. The summed E-state index contributed by atoms with van der Waals surface area (Å²) in [4.78, 5) is 9.26. The molecule has 1 aromatic carbocycles. The lowest BCUT2D eigenvalue weighted by Crippen LogP contribution is -2.40. The van der Waals surface area contributed by atoms with Gasteiger partial charge in [-0.3, -0.25) is 0 Å². The van der Waals surface area contributed by atoms with Crippen molar-refractivity contribution >= 4 is 35.6 Å². The maximum atomic E-state index is 9.73. The molecule has 0 aliphatic carbocycles. The van der Waals surface area contributed by atoms with Gasteiger partial charge in [-0.2, -0.15) is 0 Å². The Morgan fingerprint density at radius 1 is 1.38 bits per heavy atom. The van der Waals surface area contributed by atoms with Crippen molar-refractivity contribution in [3.63, 3.8) is 0 Å². The lowest BCUT2D eigenvalue weighted by molar-refractivity contribution is 0.188. The molecule has 0 bridgehead atoms. The zero-order valence-corrected chi connectivity index (χ0v) is 17.0. The highest BCUT2D eigenvalue weighted by Crippen LogP contribution is 2.27. The number of nitrogens with zero attached hydrogens (tertiary/aromatic N) is 3. The van der Waals surface area contributed by atoms with Gasteiger partial charge in [-0.15, -0.1) is 24.0 Å². The Morgan fingerprint density at radius 2 is 2.21 bits per heavy atom. The first-order chi connectivity index (χ1) is 11.2. The number of hydrogen-bond acceptors (Lipinski definition) is 3. The van der Waals surface area contributed by atoms with Crippen LogP contribution in [0.1, 0.15) is 30.9 Å². The first-order valence-electron chi connectivity index (χ1n) is 8.71. The van der Waals surface area contributed by atoms with E-state index in [0.717, 1.165) is 38.4 Å². The molecule has 1 aromatic rings. The van der Waals surface area contributed by atoms with E-state index in [4.69, 9.17) is 4.99 Å². The van der Waals surface area contributed by atoms with Crippen LogP contribution in [0.25, 0.3) is 0 Å². The third-order valence-electron chi connectivity index (χ3n) is 4.70. The minimum absolute atomic E-state index is 0. The Hall–Kier alpha value is -1.02. The van der Waals surface area contributed by atoms with E-state index in [0.29, 0.717) is 13.1 Å². The molecule has 1 atom stereocenters. The number of aliphatic hydroxyl groups excluding tert-OH is 1. The number of nitrogens with one attached hydrogen (secondary N) is 1. The molecular weight excluding hydrogens is 415 g/mol. The van der Waals surface area contributed by atoms with Crippen molar-refractivity contribution in [3.8, 4) is 0 Å². The number of likely N-dealkylation sites (tertiary alicyclic amines) is 1. The normalized spacial score (nSPS) is 20.6. The standard InChI is InChI=1S/C18H28N4O.HI/c1-3-19-18(22-10-8-16(23)13-22)20-12-14-6-7-17-15(11-14)5-4-9-21(17)2;/h6-7,11,16,23H,3-5,8-10,12-13H2,1-2H3,(H,19,20);1H/t16-;/m1./s1. The van der Waals surface area contributed by atoms with Gasteiger partial charge in [-0.05, 0) is 43.4 Å². The summed E-state index contributed by atoms with van der Waals surface area (Å²) in [7, 11) is 2.16. The van der Waals surface area contributed by atoms with Crippen LogP contribution >= 0.6 is 24.0 Å². The van der Waals surface area contributed by atoms with Crippen molar-refractivity contribution < 1.29 is 5.11 Å². The maximum Gasteiger partial charge on any atom is 0.194 e. The van der Waals surface area contributed by atoms with Crippen molar-refractivity contribution in [2.24, 2.45) is 4.99 Å². The van der Waals surface area contributed by atoms with Crippen LogP contribution in [-0.2, 0) is 13.0 Å². The molecule has 2 aliphatic heterocycles. The molecule has 0 amide bonds. The first-order valence-corrected chi connectivity index (χ1v) is 8.71. The number of hydrogen-bond donors (Lipinski definition) is 2. The maximum absolute atomic E-state index is 9.73. The fourth-order valence-corrected chi connectivity index (χ4v) is 3.46. The highest BCUT2D eigenvalue weighted by atomic mass is 127. The molecular formula is C18H29IN4O. The first kappa shape index (κ1) is 19.3. The Balaban J connectivity index is 0.00000208. The molecule has 6 heteroatoms. The van der Waals surface area contributed by atoms with Crippen LogP contribution in [0, 0.1) is 0 Å². The number of rotatable bonds is 3. The van der Waals surface area contributed by atoms with Gasteiger partial charge in [0, 0.05) is 38.9 Å². The predicted octanol–water partition coefficient (Wildman–Crippen LogP) is 2.22. The highest BCUT2D eigenvalue weighted by Gasteiger charge is 2.22. The second kappa shape index (κ2) is 8.89. The van der Waals surface area contributed by atoms with Crippen LogP contribution in [0.5, 0.6) is 0 Å². The van der Waals surface area contributed by atoms with Gasteiger partial charge >= 0.3 is 0 Å². The van der Waals surface area contributed by atoms with Crippen molar-refractivity contribution in [2.75, 3.05) is 38.1 Å². The van der Waals surface area contributed by atoms with Crippen molar-refractivity contribution in [2.45, 2.75) is 38.8 Å². The van der Waals surface area contributed by atoms with E-state index in [1.165, 1.54) is 23.2 Å². The van der Waals surface area contributed by atoms with Crippen LogP contribution in [0.3, 0.4) is 0 Å². The van der Waals surface area contributed by atoms with Gasteiger partial charge in [0.25, 0.3) is 0 Å². The van der Waals surface area contributed by atoms with E-state index in [9.17, 15) is 5.11 Å². The van der Waals surface area contributed by atoms with Gasteiger partial charge in [-0.1, -0.05) is 12.1 Å². The number of anilines is 1. The second-order valence-electron chi connectivity index (χ2n) is 6.55. The molecule has 2 N–H and O–H groups in total. The lowest BCUT2D eigenvalue weighted by atomic mass is 10.00. The summed E-state index contributed by atoms with van der Waals surface area (Å²) in [6.07, 6.45) is 2.99. The van der Waals surface area contributed by atoms with E-state index in [1.54, 1.807) is 0 Å². The molecule has 134 valence electrons. The smallest absolute Gasteiger partial charge is 0.194 e. The molecule has 0 radical (unpaired) electrons. The van der Waals surface area contributed by atoms with Crippen LogP contribution in [0.2, 0.25) is 0 Å². The minimum Gasteiger partial charge on any atom is -0.391 e. The molecule has 0 saturated carbocycles. The monoisotopic (exact) mass is 444 g/mol. The van der Waals surface area contributed by atoms with E-state index in [2.05, 4.69) is 47.3 Å². The summed E-state index contributed by atoms with van der Waals surface area (Å²) in [5.41, 5.74) is 4.06. The third-order valence-corrected chi connectivity index (χ3v) is 4.70. The molecule has 1 saturated heterocycles. The number of aliphatic hydroxyl groups is 1. The Bertz CT molecular complexity index is 578. The van der Waals surface area contributed by atoms with E-state index >= 15 is 0 Å². The van der Waals surface area contributed by atoms with E-state index < -0.39 is 0 Å². The molecule has 3 rings (SSSR count). The number of aliphatic imine (C=N–C) groups is 1. The molecule has 0 aromatic heterocycles. The Labute approximate surface area is 162 Å². The molecule has 2 aliphatic rings. The van der Waals surface area contributed by atoms with Gasteiger partial charge in [-0.25, -0.2) is 4.99 Å². The molecule has 0 spiro atoms. The van der Waals surface area contributed by atoms with Crippen LogP contribution in [0.15, 0.2) is 23.2 Å². The third kappa shape index (κ3) is 4.53. The fourth-order valence-electron chi connectivity index (χ4n) is 3.46. The van der Waals surface area contributed by atoms with Gasteiger partial charge < -0.3 is 20.2 Å². The molecule has 5 nitrogen and oxygen atoms in total.